The Balaban J connectivity index is 1.48. The number of hydrogen-bond acceptors (Lipinski definition) is 5. The van der Waals surface area contributed by atoms with Crippen LogP contribution in [0.3, 0.4) is 0 Å². The summed E-state index contributed by atoms with van der Waals surface area (Å²) in [7, 11) is 0.440. The van der Waals surface area contributed by atoms with Crippen LogP contribution in [0.15, 0.2) is 64.6 Å². The lowest BCUT2D eigenvalue weighted by molar-refractivity contribution is 0.414. The average Bonchev–Trinajstić information content (AvgIpc) is 2.78. The number of nitrogens with one attached hydrogen (secondary N) is 1. The summed E-state index contributed by atoms with van der Waals surface area (Å²) in [5.74, 6) is 0.877. The van der Waals surface area contributed by atoms with Gasteiger partial charge in [-0.05, 0) is 73.8 Å². The molecule has 2 aromatic carbocycles. The predicted octanol–water partition coefficient (Wildman–Crippen LogP) is 4.51. The van der Waals surface area contributed by atoms with Crippen LogP contribution in [-0.4, -0.2) is 29.4 Å². The van der Waals surface area contributed by atoms with Crippen LogP contribution in [0, 0.1) is 13.8 Å². The fourth-order valence-electron chi connectivity index (χ4n) is 3.83. The van der Waals surface area contributed by atoms with Gasteiger partial charge in [0.2, 0.25) is 0 Å². The molecular formula is C24H27N3O2S. The molecular weight excluding hydrogens is 394 g/mol. The van der Waals surface area contributed by atoms with Gasteiger partial charge in [0, 0.05) is 19.3 Å². The Kier molecular flexibility index (Phi) is 6.16. The van der Waals surface area contributed by atoms with Crippen LogP contribution in [0.5, 0.6) is 5.75 Å². The first-order chi connectivity index (χ1) is 14.6. The number of fused-ring (bicyclic) bond motifs is 2. The van der Waals surface area contributed by atoms with Crippen LogP contribution >= 0.6 is 0 Å². The Morgan fingerprint density at radius 2 is 2.00 bits per heavy atom. The average molecular weight is 422 g/mol. The maximum atomic E-state index is 13.1. The lowest BCUT2D eigenvalue weighted by Crippen LogP contribution is -2.29. The Hall–Kier alpha value is -2.70. The second kappa shape index (κ2) is 8.98. The molecule has 0 amide bonds. The monoisotopic (exact) mass is 421 g/mol. The van der Waals surface area contributed by atoms with E-state index in [9.17, 15) is 4.21 Å². The zero-order valence-electron chi connectivity index (χ0n) is 17.6. The highest BCUT2D eigenvalue weighted by Crippen LogP contribution is 2.43. The van der Waals surface area contributed by atoms with Gasteiger partial charge in [0.1, 0.15) is 16.5 Å². The van der Waals surface area contributed by atoms with Crippen molar-refractivity contribution in [2.24, 2.45) is 0 Å². The number of pyridine rings is 1. The number of aryl methyl sites for hydroxylation is 1. The molecule has 4 rings (SSSR count). The van der Waals surface area contributed by atoms with E-state index in [1.54, 1.807) is 13.3 Å². The first-order valence-corrected chi connectivity index (χ1v) is 11.3. The number of nitrogens with zero attached hydrogens (tertiary/aromatic N) is 2. The van der Waals surface area contributed by atoms with Crippen LogP contribution in [0.25, 0.3) is 0 Å². The first-order valence-electron chi connectivity index (χ1n) is 10.2. The van der Waals surface area contributed by atoms with Crippen LogP contribution in [-0.2, 0) is 17.3 Å². The highest BCUT2D eigenvalue weighted by molar-refractivity contribution is 7.85. The summed E-state index contributed by atoms with van der Waals surface area (Å²) in [6.07, 6.45) is 2.68. The van der Waals surface area contributed by atoms with E-state index >= 15 is 0 Å². The van der Waals surface area contributed by atoms with E-state index in [4.69, 9.17) is 4.74 Å². The smallest absolute Gasteiger partial charge is 0.155 e. The lowest BCUT2D eigenvalue weighted by Gasteiger charge is -2.34. The molecule has 0 fully saturated rings. The minimum atomic E-state index is -1.25. The van der Waals surface area contributed by atoms with Crippen molar-refractivity contribution in [1.29, 1.82) is 0 Å². The van der Waals surface area contributed by atoms with Crippen molar-refractivity contribution in [2.45, 2.75) is 36.7 Å². The Bertz CT molecular complexity index is 1080. The van der Waals surface area contributed by atoms with Crippen molar-refractivity contribution in [2.75, 3.05) is 25.1 Å². The summed E-state index contributed by atoms with van der Waals surface area (Å²) in [5.41, 5.74) is 5.61. The van der Waals surface area contributed by atoms with Crippen LogP contribution in [0.4, 0.5) is 11.4 Å². The molecule has 1 N–H and O–H groups in total. The van der Waals surface area contributed by atoms with Crippen LogP contribution < -0.4 is 15.0 Å². The third-order valence-corrected chi connectivity index (χ3v) is 6.95. The van der Waals surface area contributed by atoms with E-state index in [1.165, 1.54) is 16.7 Å². The molecule has 0 aliphatic carbocycles. The molecule has 5 nitrogen and oxygen atoms in total. The van der Waals surface area contributed by atoms with Gasteiger partial charge in [-0.15, -0.1) is 0 Å². The molecule has 1 aliphatic rings. The second-order valence-electron chi connectivity index (χ2n) is 7.48. The number of ether oxygens (including phenoxy) is 1. The normalized spacial score (nSPS) is 14.9. The van der Waals surface area contributed by atoms with Crippen molar-refractivity contribution < 1.29 is 8.95 Å². The van der Waals surface area contributed by atoms with Gasteiger partial charge in [-0.3, -0.25) is 0 Å². The fourth-order valence-corrected chi connectivity index (χ4v) is 5.19. The van der Waals surface area contributed by atoms with Crippen molar-refractivity contribution in [3.63, 3.8) is 0 Å². The van der Waals surface area contributed by atoms with Gasteiger partial charge in [0.05, 0.1) is 23.4 Å². The molecule has 30 heavy (non-hydrogen) atoms. The van der Waals surface area contributed by atoms with E-state index in [1.807, 2.05) is 36.4 Å². The zero-order valence-corrected chi connectivity index (χ0v) is 18.5. The highest BCUT2D eigenvalue weighted by Gasteiger charge is 2.30. The molecule has 1 aliphatic heterocycles. The molecule has 0 spiro atoms. The van der Waals surface area contributed by atoms with Crippen molar-refractivity contribution in [3.8, 4) is 5.75 Å². The minimum absolute atomic E-state index is 0.651. The largest absolute Gasteiger partial charge is 0.497 e. The van der Waals surface area contributed by atoms with E-state index in [2.05, 4.69) is 41.2 Å². The third kappa shape index (κ3) is 3.98. The summed E-state index contributed by atoms with van der Waals surface area (Å²) in [6, 6.07) is 16.1. The molecule has 0 saturated heterocycles. The quantitative estimate of drug-likeness (QED) is 0.569. The van der Waals surface area contributed by atoms with E-state index < -0.39 is 10.8 Å². The molecule has 6 heteroatoms. The summed E-state index contributed by atoms with van der Waals surface area (Å²) < 4.78 is 18.4. The molecule has 1 aromatic heterocycles. The number of hydrogen-bond donors (Lipinski definition) is 1. The van der Waals surface area contributed by atoms with E-state index in [-0.39, 0.29) is 0 Å². The standard InChI is InChI=1S/C24H27N3O2S/c1-17-10-11-22-23(18(17)2)27(21-9-5-13-26-24(21)30(22)28)14-6-12-25-16-19-7-4-8-20(15-19)29-3/h4-5,7-11,13,15,25H,6,12,14,16H2,1-3H3. The number of benzene rings is 2. The first kappa shape index (κ1) is 20.6. The van der Waals surface area contributed by atoms with Gasteiger partial charge in [0.25, 0.3) is 0 Å². The molecule has 3 aromatic rings. The summed E-state index contributed by atoms with van der Waals surface area (Å²) in [6.45, 7) is 6.73. The highest BCUT2D eigenvalue weighted by atomic mass is 32.2. The van der Waals surface area contributed by atoms with Gasteiger partial charge >= 0.3 is 0 Å². The summed E-state index contributed by atoms with van der Waals surface area (Å²) >= 11 is 0. The Labute approximate surface area is 180 Å². The summed E-state index contributed by atoms with van der Waals surface area (Å²) in [4.78, 5) is 7.57. The topological polar surface area (TPSA) is 54.5 Å². The van der Waals surface area contributed by atoms with Gasteiger partial charge in [-0.1, -0.05) is 18.2 Å². The third-order valence-electron chi connectivity index (χ3n) is 5.55. The van der Waals surface area contributed by atoms with Gasteiger partial charge < -0.3 is 15.0 Å². The zero-order chi connectivity index (χ0) is 21.1. The minimum Gasteiger partial charge on any atom is -0.497 e. The fraction of sp³-hybridized carbons (Fsp3) is 0.292. The van der Waals surface area contributed by atoms with E-state index in [0.29, 0.717) is 5.03 Å². The maximum absolute atomic E-state index is 13.1. The van der Waals surface area contributed by atoms with Crippen LogP contribution in [0.2, 0.25) is 0 Å². The number of aromatic nitrogens is 1. The maximum Gasteiger partial charge on any atom is 0.155 e. The Morgan fingerprint density at radius 3 is 2.83 bits per heavy atom. The predicted molar refractivity (Wildman–Crippen MR) is 121 cm³/mol. The molecule has 156 valence electrons. The number of methoxy groups -OCH3 is 1. The number of anilines is 2. The van der Waals surface area contributed by atoms with Gasteiger partial charge in [-0.25, -0.2) is 9.19 Å². The molecule has 1 atom stereocenters. The van der Waals surface area contributed by atoms with Crippen molar-refractivity contribution >= 4 is 22.2 Å². The molecule has 0 radical (unpaired) electrons. The SMILES string of the molecule is COc1cccc(CNCCCN2c3cccnc3S(=O)c3ccc(C)c(C)c32)c1. The van der Waals surface area contributed by atoms with Gasteiger partial charge in [-0.2, -0.15) is 0 Å². The lowest BCUT2D eigenvalue weighted by atomic mass is 10.1. The Morgan fingerprint density at radius 1 is 1.13 bits per heavy atom. The van der Waals surface area contributed by atoms with Crippen molar-refractivity contribution in [3.05, 3.63) is 71.4 Å². The second-order valence-corrected chi connectivity index (χ2v) is 8.85. The van der Waals surface area contributed by atoms with E-state index in [0.717, 1.165) is 48.1 Å². The van der Waals surface area contributed by atoms with Crippen molar-refractivity contribution in [1.82, 2.24) is 10.3 Å². The summed E-state index contributed by atoms with van der Waals surface area (Å²) in [5, 5.41) is 4.17. The van der Waals surface area contributed by atoms with Gasteiger partial charge in [0.15, 0.2) is 5.03 Å². The number of rotatable bonds is 7. The van der Waals surface area contributed by atoms with Crippen LogP contribution in [0.1, 0.15) is 23.1 Å². The molecule has 2 heterocycles. The molecule has 1 unspecified atom stereocenters. The molecule has 0 bridgehead atoms. The molecule has 0 saturated carbocycles.